The molecule has 0 bridgehead atoms. The summed E-state index contributed by atoms with van der Waals surface area (Å²) in [6, 6.07) is 11.7. The molecule has 1 N–H and O–H groups in total. The van der Waals surface area contributed by atoms with E-state index >= 15 is 0 Å². The predicted molar refractivity (Wildman–Crippen MR) is 80.9 cm³/mol. The first-order chi connectivity index (χ1) is 10.3. The van der Waals surface area contributed by atoms with Gasteiger partial charge < -0.3 is 14.5 Å². The minimum Gasteiger partial charge on any atom is -0.467 e. The van der Waals surface area contributed by atoms with E-state index in [0.717, 1.165) is 23.3 Å². The summed E-state index contributed by atoms with van der Waals surface area (Å²) in [6.07, 6.45) is 2.85. The molecule has 0 radical (unpaired) electrons. The van der Waals surface area contributed by atoms with Crippen molar-refractivity contribution >= 4 is 5.91 Å². The van der Waals surface area contributed by atoms with Gasteiger partial charge in [0.2, 0.25) is 5.91 Å². The number of hydrogen-bond acceptors (Lipinski definition) is 3. The van der Waals surface area contributed by atoms with Crippen LogP contribution in [0.2, 0.25) is 0 Å². The molecular weight excluding hydrogens is 266 g/mol. The maximum absolute atomic E-state index is 11.8. The van der Waals surface area contributed by atoms with Crippen LogP contribution in [0.4, 0.5) is 0 Å². The van der Waals surface area contributed by atoms with E-state index in [-0.39, 0.29) is 5.91 Å². The molecule has 1 heterocycles. The summed E-state index contributed by atoms with van der Waals surface area (Å²) in [5.41, 5.74) is 2.22. The molecule has 4 nitrogen and oxygen atoms in total. The normalized spacial score (nSPS) is 10.5. The van der Waals surface area contributed by atoms with Crippen LogP contribution in [0.1, 0.15) is 23.3 Å². The van der Waals surface area contributed by atoms with Crippen LogP contribution in [-0.2, 0) is 22.6 Å². The Morgan fingerprint density at radius 2 is 2.10 bits per heavy atom. The molecule has 2 rings (SSSR count). The number of rotatable bonds is 8. The molecule has 0 spiro atoms. The molecule has 112 valence electrons. The van der Waals surface area contributed by atoms with Gasteiger partial charge in [0.15, 0.2) is 0 Å². The second kappa shape index (κ2) is 8.27. The molecule has 0 saturated carbocycles. The topological polar surface area (TPSA) is 51.5 Å². The van der Waals surface area contributed by atoms with Crippen LogP contribution in [0, 0.1) is 6.92 Å². The zero-order valence-corrected chi connectivity index (χ0v) is 12.3. The van der Waals surface area contributed by atoms with Gasteiger partial charge in [-0.1, -0.05) is 24.3 Å². The molecule has 0 aliphatic carbocycles. The lowest BCUT2D eigenvalue weighted by Gasteiger charge is -2.07. The number of carbonyl (C=O) groups excluding carboxylic acids is 1. The van der Waals surface area contributed by atoms with Gasteiger partial charge in [-0.25, -0.2) is 0 Å². The van der Waals surface area contributed by atoms with Gasteiger partial charge in [-0.15, -0.1) is 0 Å². The Morgan fingerprint density at radius 1 is 1.24 bits per heavy atom. The predicted octanol–water partition coefficient (Wildman–Crippen LogP) is 2.85. The van der Waals surface area contributed by atoms with Gasteiger partial charge in [0, 0.05) is 13.2 Å². The van der Waals surface area contributed by atoms with Crippen molar-refractivity contribution in [2.75, 3.05) is 13.2 Å². The van der Waals surface area contributed by atoms with Crippen LogP contribution in [-0.4, -0.2) is 19.1 Å². The third kappa shape index (κ3) is 5.44. The third-order valence-corrected chi connectivity index (χ3v) is 3.22. The van der Waals surface area contributed by atoms with Crippen LogP contribution < -0.4 is 5.32 Å². The van der Waals surface area contributed by atoms with Crippen LogP contribution >= 0.6 is 0 Å². The summed E-state index contributed by atoms with van der Waals surface area (Å²) >= 11 is 0. The number of ether oxygens (including phenoxy) is 1. The van der Waals surface area contributed by atoms with E-state index in [4.69, 9.17) is 9.15 Å². The monoisotopic (exact) mass is 287 g/mol. The minimum atomic E-state index is 0.0512. The van der Waals surface area contributed by atoms with Crippen molar-refractivity contribution in [1.82, 2.24) is 5.32 Å². The Balaban J connectivity index is 1.56. The molecule has 2 aromatic rings. The number of nitrogens with one attached hydrogen (secondary N) is 1. The van der Waals surface area contributed by atoms with Crippen LogP contribution in [0.15, 0.2) is 47.1 Å². The van der Waals surface area contributed by atoms with Gasteiger partial charge in [-0.05, 0) is 36.6 Å². The summed E-state index contributed by atoms with van der Waals surface area (Å²) in [6.45, 7) is 3.73. The van der Waals surface area contributed by atoms with E-state index in [1.54, 1.807) is 6.26 Å². The maximum atomic E-state index is 11.8. The Labute approximate surface area is 125 Å². The Morgan fingerprint density at radius 3 is 2.86 bits per heavy atom. The fourth-order valence-corrected chi connectivity index (χ4v) is 2.01. The maximum Gasteiger partial charge on any atom is 0.224 e. The molecule has 21 heavy (non-hydrogen) atoms. The molecule has 0 atom stereocenters. The van der Waals surface area contributed by atoms with E-state index in [1.165, 1.54) is 0 Å². The lowest BCUT2D eigenvalue weighted by Crippen LogP contribution is -2.27. The highest BCUT2D eigenvalue weighted by Crippen LogP contribution is 2.07. The van der Waals surface area contributed by atoms with E-state index in [2.05, 4.69) is 5.32 Å². The summed E-state index contributed by atoms with van der Waals surface area (Å²) < 4.78 is 10.6. The van der Waals surface area contributed by atoms with Crippen molar-refractivity contribution in [1.29, 1.82) is 0 Å². The lowest BCUT2D eigenvalue weighted by atomic mass is 10.1. The molecule has 1 aromatic heterocycles. The van der Waals surface area contributed by atoms with Gasteiger partial charge in [0.1, 0.15) is 12.4 Å². The van der Waals surface area contributed by atoms with Gasteiger partial charge >= 0.3 is 0 Å². The standard InChI is InChI=1S/C17H21NO3/c1-14-6-2-3-7-15(14)12-17(19)18-9-5-10-20-13-16-8-4-11-21-16/h2-4,6-8,11H,5,9-10,12-13H2,1H3,(H,18,19). The SMILES string of the molecule is Cc1ccccc1CC(=O)NCCCOCc1ccco1. The fraction of sp³-hybridized carbons (Fsp3) is 0.353. The lowest BCUT2D eigenvalue weighted by molar-refractivity contribution is -0.120. The number of benzene rings is 1. The summed E-state index contributed by atoms with van der Waals surface area (Å²) in [5, 5.41) is 2.91. The summed E-state index contributed by atoms with van der Waals surface area (Å²) in [4.78, 5) is 11.8. The largest absolute Gasteiger partial charge is 0.467 e. The van der Waals surface area contributed by atoms with Crippen molar-refractivity contribution in [3.8, 4) is 0 Å². The molecule has 0 aliphatic rings. The first kappa shape index (κ1) is 15.3. The first-order valence-electron chi connectivity index (χ1n) is 7.17. The quantitative estimate of drug-likeness (QED) is 0.760. The molecule has 4 heteroatoms. The van der Waals surface area contributed by atoms with E-state index < -0.39 is 0 Å². The van der Waals surface area contributed by atoms with Crippen LogP contribution in [0.3, 0.4) is 0 Å². The van der Waals surface area contributed by atoms with Crippen molar-refractivity contribution in [2.45, 2.75) is 26.4 Å². The Bertz CT molecular complexity index is 549. The van der Waals surface area contributed by atoms with Gasteiger partial charge in [-0.3, -0.25) is 4.79 Å². The van der Waals surface area contributed by atoms with Crippen LogP contribution in [0.5, 0.6) is 0 Å². The van der Waals surface area contributed by atoms with Gasteiger partial charge in [0.05, 0.1) is 12.7 Å². The number of aryl methyl sites for hydroxylation is 1. The van der Waals surface area contributed by atoms with Crippen molar-refractivity contribution < 1.29 is 13.9 Å². The molecule has 1 amide bonds. The van der Waals surface area contributed by atoms with Gasteiger partial charge in [-0.2, -0.15) is 0 Å². The van der Waals surface area contributed by atoms with Crippen molar-refractivity contribution in [2.24, 2.45) is 0 Å². The van der Waals surface area contributed by atoms with Crippen molar-refractivity contribution in [3.63, 3.8) is 0 Å². The molecule has 0 saturated heterocycles. The third-order valence-electron chi connectivity index (χ3n) is 3.22. The molecular formula is C17H21NO3. The molecule has 0 fully saturated rings. The van der Waals surface area contributed by atoms with Crippen LogP contribution in [0.25, 0.3) is 0 Å². The molecule has 1 aromatic carbocycles. The molecule has 0 aliphatic heterocycles. The average Bonchev–Trinajstić information content (AvgIpc) is 2.98. The highest BCUT2D eigenvalue weighted by molar-refractivity contribution is 5.78. The highest BCUT2D eigenvalue weighted by atomic mass is 16.5. The average molecular weight is 287 g/mol. The first-order valence-corrected chi connectivity index (χ1v) is 7.17. The number of carbonyl (C=O) groups is 1. The smallest absolute Gasteiger partial charge is 0.224 e. The van der Waals surface area contributed by atoms with Gasteiger partial charge in [0.25, 0.3) is 0 Å². The molecule has 0 unspecified atom stereocenters. The summed E-state index contributed by atoms with van der Waals surface area (Å²) in [5.74, 6) is 0.869. The number of furan rings is 1. The highest BCUT2D eigenvalue weighted by Gasteiger charge is 2.04. The van der Waals surface area contributed by atoms with E-state index in [1.807, 2.05) is 43.3 Å². The Hall–Kier alpha value is -2.07. The van der Waals surface area contributed by atoms with E-state index in [0.29, 0.717) is 26.2 Å². The second-order valence-electron chi connectivity index (χ2n) is 4.94. The summed E-state index contributed by atoms with van der Waals surface area (Å²) in [7, 11) is 0. The Kier molecular flexibility index (Phi) is 6.03. The fourth-order valence-electron chi connectivity index (χ4n) is 2.01. The minimum absolute atomic E-state index is 0.0512. The second-order valence-corrected chi connectivity index (χ2v) is 4.94. The van der Waals surface area contributed by atoms with Crippen molar-refractivity contribution in [3.05, 3.63) is 59.5 Å². The van der Waals surface area contributed by atoms with E-state index in [9.17, 15) is 4.79 Å². The number of hydrogen-bond donors (Lipinski definition) is 1. The zero-order chi connectivity index (χ0) is 14.9. The zero-order valence-electron chi connectivity index (χ0n) is 12.3. The number of amides is 1.